The Bertz CT molecular complexity index is 120. The van der Waals surface area contributed by atoms with Crippen molar-refractivity contribution >= 4 is 11.1 Å². The van der Waals surface area contributed by atoms with Gasteiger partial charge in [-0.05, 0) is 25.7 Å². The second-order valence-corrected chi connectivity index (χ2v) is 3.97. The number of hydrogen-bond donors (Lipinski definition) is 1. The molecule has 0 heterocycles. The molecule has 2 nitrogen and oxygen atoms in total. The van der Waals surface area contributed by atoms with Crippen LogP contribution in [0.2, 0.25) is 0 Å². The SMILES string of the molecule is CC(C1CCC1)S(=O)O. The van der Waals surface area contributed by atoms with Crippen molar-refractivity contribution < 1.29 is 8.76 Å². The average Bonchev–Trinajstić information content (AvgIpc) is 1.60. The zero-order valence-corrected chi connectivity index (χ0v) is 6.36. The summed E-state index contributed by atoms with van der Waals surface area (Å²) in [5.74, 6) is 0.524. The van der Waals surface area contributed by atoms with Crippen LogP contribution in [0.4, 0.5) is 0 Å². The molecule has 0 spiro atoms. The maximum absolute atomic E-state index is 10.4. The van der Waals surface area contributed by atoms with E-state index in [9.17, 15) is 4.21 Å². The highest BCUT2D eigenvalue weighted by Gasteiger charge is 2.27. The van der Waals surface area contributed by atoms with Crippen LogP contribution in [-0.4, -0.2) is 14.0 Å². The molecular weight excluding hydrogens is 136 g/mol. The second kappa shape index (κ2) is 2.80. The Hall–Kier alpha value is 0.110. The van der Waals surface area contributed by atoms with Gasteiger partial charge in [0.2, 0.25) is 0 Å². The predicted octanol–water partition coefficient (Wildman–Crippen LogP) is 1.40. The number of hydrogen-bond acceptors (Lipinski definition) is 1. The maximum atomic E-state index is 10.4. The first kappa shape index (κ1) is 7.22. The van der Waals surface area contributed by atoms with E-state index >= 15 is 0 Å². The molecule has 3 heteroatoms. The molecular formula is C6H12O2S. The van der Waals surface area contributed by atoms with Crippen molar-refractivity contribution in [2.24, 2.45) is 5.92 Å². The molecule has 0 aliphatic heterocycles. The molecule has 1 rings (SSSR count). The lowest BCUT2D eigenvalue weighted by Gasteiger charge is -2.28. The van der Waals surface area contributed by atoms with Crippen molar-refractivity contribution in [2.75, 3.05) is 0 Å². The maximum Gasteiger partial charge on any atom is 0.155 e. The van der Waals surface area contributed by atoms with E-state index in [1.807, 2.05) is 6.92 Å². The molecule has 0 aromatic heterocycles. The van der Waals surface area contributed by atoms with Crippen LogP contribution in [0.1, 0.15) is 26.2 Å². The fraction of sp³-hybridized carbons (Fsp3) is 1.00. The quantitative estimate of drug-likeness (QED) is 0.601. The molecule has 2 unspecified atom stereocenters. The monoisotopic (exact) mass is 148 g/mol. The van der Waals surface area contributed by atoms with Crippen LogP contribution in [0.25, 0.3) is 0 Å². The minimum Gasteiger partial charge on any atom is -0.306 e. The average molecular weight is 148 g/mol. The van der Waals surface area contributed by atoms with Crippen molar-refractivity contribution in [3.05, 3.63) is 0 Å². The first-order chi connectivity index (χ1) is 4.22. The van der Waals surface area contributed by atoms with Crippen molar-refractivity contribution in [3.63, 3.8) is 0 Å². The van der Waals surface area contributed by atoms with Gasteiger partial charge in [-0.3, -0.25) is 0 Å². The van der Waals surface area contributed by atoms with Crippen molar-refractivity contribution in [2.45, 2.75) is 31.4 Å². The van der Waals surface area contributed by atoms with Crippen LogP contribution in [0.5, 0.6) is 0 Å². The molecule has 0 radical (unpaired) electrons. The van der Waals surface area contributed by atoms with Gasteiger partial charge in [0.15, 0.2) is 11.1 Å². The summed E-state index contributed by atoms with van der Waals surface area (Å²) >= 11 is -1.59. The summed E-state index contributed by atoms with van der Waals surface area (Å²) in [6.45, 7) is 1.85. The van der Waals surface area contributed by atoms with Gasteiger partial charge < -0.3 is 4.55 Å². The van der Waals surface area contributed by atoms with Gasteiger partial charge in [-0.2, -0.15) is 0 Å². The predicted molar refractivity (Wildman–Crippen MR) is 37.6 cm³/mol. The standard InChI is InChI=1S/C6H12O2S/c1-5(9(7)8)6-3-2-4-6/h5-6H,2-4H2,1H3,(H,7,8). The minimum absolute atomic E-state index is 0.00116. The number of rotatable bonds is 2. The van der Waals surface area contributed by atoms with E-state index in [2.05, 4.69) is 0 Å². The highest BCUT2D eigenvalue weighted by Crippen LogP contribution is 2.31. The Balaban J connectivity index is 2.32. The third kappa shape index (κ3) is 1.52. The smallest absolute Gasteiger partial charge is 0.155 e. The van der Waals surface area contributed by atoms with E-state index in [0.717, 1.165) is 12.8 Å². The van der Waals surface area contributed by atoms with Gasteiger partial charge in [0.05, 0.1) is 5.25 Å². The van der Waals surface area contributed by atoms with E-state index < -0.39 is 11.1 Å². The molecule has 1 aliphatic carbocycles. The van der Waals surface area contributed by atoms with Gasteiger partial charge >= 0.3 is 0 Å². The van der Waals surface area contributed by atoms with E-state index in [0.29, 0.717) is 5.92 Å². The molecule has 54 valence electrons. The summed E-state index contributed by atoms with van der Waals surface area (Å²) in [5, 5.41) is -0.00116. The van der Waals surface area contributed by atoms with Crippen LogP contribution >= 0.6 is 0 Å². The summed E-state index contributed by atoms with van der Waals surface area (Å²) in [4.78, 5) is 0. The highest BCUT2D eigenvalue weighted by molar-refractivity contribution is 7.79. The molecule has 9 heavy (non-hydrogen) atoms. The fourth-order valence-corrected chi connectivity index (χ4v) is 1.68. The van der Waals surface area contributed by atoms with Crippen molar-refractivity contribution in [1.82, 2.24) is 0 Å². The van der Waals surface area contributed by atoms with Gasteiger partial charge in [0, 0.05) is 0 Å². The van der Waals surface area contributed by atoms with Gasteiger partial charge in [-0.25, -0.2) is 4.21 Å². The summed E-state index contributed by atoms with van der Waals surface area (Å²) in [5.41, 5.74) is 0. The van der Waals surface area contributed by atoms with Gasteiger partial charge in [-0.1, -0.05) is 6.42 Å². The zero-order valence-electron chi connectivity index (χ0n) is 5.54. The lowest BCUT2D eigenvalue weighted by molar-refractivity contribution is 0.305. The topological polar surface area (TPSA) is 37.3 Å². The zero-order chi connectivity index (χ0) is 6.85. The molecule has 0 amide bonds. The Morgan fingerprint density at radius 2 is 2.22 bits per heavy atom. The first-order valence-corrected chi connectivity index (χ1v) is 4.48. The van der Waals surface area contributed by atoms with E-state index in [4.69, 9.17) is 4.55 Å². The Kier molecular flexibility index (Phi) is 2.24. The minimum atomic E-state index is -1.59. The van der Waals surface area contributed by atoms with E-state index in [1.165, 1.54) is 6.42 Å². The molecule has 0 aromatic carbocycles. The summed E-state index contributed by atoms with van der Waals surface area (Å²) in [7, 11) is 0. The van der Waals surface area contributed by atoms with E-state index in [1.54, 1.807) is 0 Å². The van der Waals surface area contributed by atoms with E-state index in [-0.39, 0.29) is 5.25 Å². The van der Waals surface area contributed by atoms with Crippen LogP contribution in [0.3, 0.4) is 0 Å². The van der Waals surface area contributed by atoms with Gasteiger partial charge in [0.1, 0.15) is 0 Å². The van der Waals surface area contributed by atoms with Crippen LogP contribution < -0.4 is 0 Å². The first-order valence-electron chi connectivity index (χ1n) is 3.31. The van der Waals surface area contributed by atoms with Gasteiger partial charge in [-0.15, -0.1) is 0 Å². The summed E-state index contributed by atoms with van der Waals surface area (Å²) < 4.78 is 19.1. The molecule has 0 aromatic rings. The molecule has 1 saturated carbocycles. The Morgan fingerprint density at radius 3 is 2.33 bits per heavy atom. The van der Waals surface area contributed by atoms with Crippen LogP contribution in [0, 0.1) is 5.92 Å². The third-order valence-electron chi connectivity index (χ3n) is 2.13. The van der Waals surface area contributed by atoms with Crippen LogP contribution in [-0.2, 0) is 11.1 Å². The summed E-state index contributed by atoms with van der Waals surface area (Å²) in [6.07, 6.45) is 3.53. The summed E-state index contributed by atoms with van der Waals surface area (Å²) in [6, 6.07) is 0. The van der Waals surface area contributed by atoms with Crippen LogP contribution in [0.15, 0.2) is 0 Å². The molecule has 0 bridgehead atoms. The van der Waals surface area contributed by atoms with Gasteiger partial charge in [0.25, 0.3) is 0 Å². The normalized spacial score (nSPS) is 26.9. The van der Waals surface area contributed by atoms with Crippen molar-refractivity contribution in [1.29, 1.82) is 0 Å². The second-order valence-electron chi connectivity index (χ2n) is 2.67. The molecule has 2 atom stereocenters. The van der Waals surface area contributed by atoms with Crippen molar-refractivity contribution in [3.8, 4) is 0 Å². The third-order valence-corrected chi connectivity index (χ3v) is 3.15. The molecule has 1 fully saturated rings. The lowest BCUT2D eigenvalue weighted by Crippen LogP contribution is -2.27. The molecule has 1 aliphatic rings. The highest BCUT2D eigenvalue weighted by atomic mass is 32.2. The Labute approximate surface area is 57.9 Å². The molecule has 1 N–H and O–H groups in total. The Morgan fingerprint density at radius 1 is 1.67 bits per heavy atom. The lowest BCUT2D eigenvalue weighted by atomic mass is 9.83. The fourth-order valence-electron chi connectivity index (χ4n) is 1.07. The molecule has 0 saturated heterocycles. The largest absolute Gasteiger partial charge is 0.306 e.